The van der Waals surface area contributed by atoms with E-state index in [2.05, 4.69) is 39.5 Å². The van der Waals surface area contributed by atoms with Gasteiger partial charge < -0.3 is 14.7 Å². The van der Waals surface area contributed by atoms with Gasteiger partial charge >= 0.3 is 0 Å². The molecule has 0 saturated carbocycles. The number of anilines is 1. The molecule has 35 heavy (non-hydrogen) atoms. The van der Waals surface area contributed by atoms with Crippen LogP contribution in [0.5, 0.6) is 0 Å². The van der Waals surface area contributed by atoms with Gasteiger partial charge in [0.25, 0.3) is 5.89 Å². The molecule has 2 aromatic carbocycles. The van der Waals surface area contributed by atoms with Gasteiger partial charge in [-0.2, -0.15) is 4.98 Å². The first-order valence-corrected chi connectivity index (χ1v) is 11.6. The lowest BCUT2D eigenvalue weighted by molar-refractivity contribution is -0.128. The number of hydrogen-bond acceptors (Lipinski definition) is 6. The third kappa shape index (κ3) is 5.11. The Hall–Kier alpha value is -4.33. The van der Waals surface area contributed by atoms with E-state index in [1.54, 1.807) is 29.4 Å². The Kier molecular flexibility index (Phi) is 6.34. The summed E-state index contributed by atoms with van der Waals surface area (Å²) < 4.78 is 5.44. The van der Waals surface area contributed by atoms with Crippen molar-refractivity contribution in [2.24, 2.45) is 5.92 Å². The Labute approximate surface area is 203 Å². The normalized spacial score (nSPS) is 15.4. The quantitative estimate of drug-likeness (QED) is 0.434. The number of nitrogens with zero attached hydrogens (tertiary/aromatic N) is 4. The first-order chi connectivity index (χ1) is 17.1. The zero-order valence-electron chi connectivity index (χ0n) is 19.3. The molecule has 1 aliphatic rings. The SMILES string of the molecule is CCc1ccc(-c2noc(-c3ccc(NC(=O)C4CC(=O)N(Cc5cccnc5)C4)cc3)n2)cc1. The van der Waals surface area contributed by atoms with Gasteiger partial charge in [0.2, 0.25) is 17.6 Å². The fourth-order valence-corrected chi connectivity index (χ4v) is 4.10. The van der Waals surface area contributed by atoms with E-state index < -0.39 is 5.92 Å². The number of amides is 2. The van der Waals surface area contributed by atoms with Crippen LogP contribution in [0.3, 0.4) is 0 Å². The Morgan fingerprint density at radius 2 is 1.83 bits per heavy atom. The van der Waals surface area contributed by atoms with Gasteiger partial charge in [0.15, 0.2) is 0 Å². The van der Waals surface area contributed by atoms with E-state index in [-0.39, 0.29) is 18.2 Å². The molecule has 8 nitrogen and oxygen atoms in total. The number of hydrogen-bond donors (Lipinski definition) is 1. The predicted octanol–water partition coefficient (Wildman–Crippen LogP) is 4.35. The second-order valence-electron chi connectivity index (χ2n) is 8.58. The second-order valence-corrected chi connectivity index (χ2v) is 8.58. The molecule has 3 heterocycles. The highest BCUT2D eigenvalue weighted by Gasteiger charge is 2.34. The van der Waals surface area contributed by atoms with Crippen LogP contribution in [-0.4, -0.2) is 38.4 Å². The summed E-state index contributed by atoms with van der Waals surface area (Å²) in [5, 5.41) is 7.00. The molecule has 8 heteroatoms. The Balaban J connectivity index is 1.20. The maximum atomic E-state index is 12.8. The molecule has 4 aromatic rings. The number of likely N-dealkylation sites (tertiary alicyclic amines) is 1. The summed E-state index contributed by atoms with van der Waals surface area (Å²) in [6, 6.07) is 19.1. The van der Waals surface area contributed by atoms with E-state index in [1.807, 2.05) is 36.4 Å². The number of carbonyl (C=O) groups excluding carboxylic acids is 2. The zero-order chi connectivity index (χ0) is 24.2. The molecule has 1 fully saturated rings. The molecule has 0 spiro atoms. The van der Waals surface area contributed by atoms with E-state index in [0.717, 1.165) is 23.1 Å². The summed E-state index contributed by atoms with van der Waals surface area (Å²) in [5.74, 6) is 0.347. The molecule has 0 aliphatic carbocycles. The van der Waals surface area contributed by atoms with Crippen molar-refractivity contribution in [2.45, 2.75) is 26.3 Å². The van der Waals surface area contributed by atoms with Crippen molar-refractivity contribution in [1.82, 2.24) is 20.0 Å². The Morgan fingerprint density at radius 1 is 1.06 bits per heavy atom. The number of benzene rings is 2. The molecule has 0 bridgehead atoms. The highest BCUT2D eigenvalue weighted by Crippen LogP contribution is 2.25. The van der Waals surface area contributed by atoms with Crippen molar-refractivity contribution in [1.29, 1.82) is 0 Å². The van der Waals surface area contributed by atoms with Crippen LogP contribution in [0.2, 0.25) is 0 Å². The topological polar surface area (TPSA) is 101 Å². The molecular formula is C27H25N5O3. The molecule has 5 rings (SSSR count). The fraction of sp³-hybridized carbons (Fsp3) is 0.222. The van der Waals surface area contributed by atoms with Gasteiger partial charge in [-0.1, -0.05) is 42.4 Å². The third-order valence-corrected chi connectivity index (χ3v) is 6.13. The molecule has 1 unspecified atom stereocenters. The highest BCUT2D eigenvalue weighted by atomic mass is 16.5. The fourth-order valence-electron chi connectivity index (χ4n) is 4.10. The molecule has 176 valence electrons. The molecule has 2 amide bonds. The van der Waals surface area contributed by atoms with Crippen LogP contribution in [0, 0.1) is 5.92 Å². The Bertz CT molecular complexity index is 1320. The lowest BCUT2D eigenvalue weighted by Gasteiger charge is -2.16. The summed E-state index contributed by atoms with van der Waals surface area (Å²) in [4.78, 5) is 35.4. The maximum absolute atomic E-state index is 12.8. The summed E-state index contributed by atoms with van der Waals surface area (Å²) in [6.45, 7) is 2.96. The molecule has 1 N–H and O–H groups in total. The summed E-state index contributed by atoms with van der Waals surface area (Å²) in [5.41, 5.74) is 4.49. The van der Waals surface area contributed by atoms with Crippen LogP contribution >= 0.6 is 0 Å². The number of rotatable bonds is 7. The van der Waals surface area contributed by atoms with Gasteiger partial charge in [-0.3, -0.25) is 14.6 Å². The van der Waals surface area contributed by atoms with E-state index in [1.165, 1.54) is 5.56 Å². The lowest BCUT2D eigenvalue weighted by Crippen LogP contribution is -2.28. The van der Waals surface area contributed by atoms with Crippen molar-refractivity contribution in [2.75, 3.05) is 11.9 Å². The summed E-state index contributed by atoms with van der Waals surface area (Å²) >= 11 is 0. The van der Waals surface area contributed by atoms with Crippen LogP contribution in [0.4, 0.5) is 5.69 Å². The van der Waals surface area contributed by atoms with Crippen molar-refractivity contribution < 1.29 is 14.1 Å². The first kappa shape index (κ1) is 22.5. The molecule has 1 aliphatic heterocycles. The van der Waals surface area contributed by atoms with Crippen molar-refractivity contribution in [3.8, 4) is 22.8 Å². The third-order valence-electron chi connectivity index (χ3n) is 6.13. The minimum Gasteiger partial charge on any atom is -0.337 e. The van der Waals surface area contributed by atoms with Crippen LogP contribution in [0.1, 0.15) is 24.5 Å². The zero-order valence-corrected chi connectivity index (χ0v) is 19.3. The Morgan fingerprint density at radius 3 is 2.54 bits per heavy atom. The largest absolute Gasteiger partial charge is 0.337 e. The first-order valence-electron chi connectivity index (χ1n) is 11.6. The van der Waals surface area contributed by atoms with Gasteiger partial charge in [-0.25, -0.2) is 0 Å². The summed E-state index contributed by atoms with van der Waals surface area (Å²) in [6.07, 6.45) is 4.60. The van der Waals surface area contributed by atoms with Gasteiger partial charge in [0.1, 0.15) is 0 Å². The molecule has 1 atom stereocenters. The number of pyridine rings is 1. The molecular weight excluding hydrogens is 442 g/mol. The van der Waals surface area contributed by atoms with Crippen molar-refractivity contribution >= 4 is 17.5 Å². The smallest absolute Gasteiger partial charge is 0.258 e. The van der Waals surface area contributed by atoms with Gasteiger partial charge in [0, 0.05) is 48.7 Å². The van der Waals surface area contributed by atoms with Gasteiger partial charge in [-0.15, -0.1) is 0 Å². The van der Waals surface area contributed by atoms with Crippen LogP contribution < -0.4 is 5.32 Å². The average molecular weight is 468 g/mol. The predicted molar refractivity (Wildman–Crippen MR) is 131 cm³/mol. The van der Waals surface area contributed by atoms with Gasteiger partial charge in [-0.05, 0) is 47.9 Å². The number of aryl methyl sites for hydroxylation is 1. The van der Waals surface area contributed by atoms with Crippen LogP contribution in [0.25, 0.3) is 22.8 Å². The number of aromatic nitrogens is 3. The van der Waals surface area contributed by atoms with E-state index in [4.69, 9.17) is 4.52 Å². The van der Waals surface area contributed by atoms with Crippen molar-refractivity contribution in [3.63, 3.8) is 0 Å². The number of nitrogens with one attached hydrogen (secondary N) is 1. The minimum absolute atomic E-state index is 0.0270. The molecule has 1 saturated heterocycles. The monoisotopic (exact) mass is 467 g/mol. The van der Waals surface area contributed by atoms with Crippen LogP contribution in [-0.2, 0) is 22.6 Å². The second kappa shape index (κ2) is 9.89. The van der Waals surface area contributed by atoms with Crippen molar-refractivity contribution in [3.05, 3.63) is 84.2 Å². The number of carbonyl (C=O) groups is 2. The average Bonchev–Trinajstić information content (AvgIpc) is 3.53. The van der Waals surface area contributed by atoms with Crippen LogP contribution in [0.15, 0.2) is 77.6 Å². The lowest BCUT2D eigenvalue weighted by atomic mass is 10.1. The molecule has 0 radical (unpaired) electrons. The molecule has 2 aromatic heterocycles. The minimum atomic E-state index is -0.392. The van der Waals surface area contributed by atoms with E-state index >= 15 is 0 Å². The van der Waals surface area contributed by atoms with Gasteiger partial charge in [0.05, 0.1) is 5.92 Å². The maximum Gasteiger partial charge on any atom is 0.258 e. The standard InChI is InChI=1S/C27H25N5O3/c1-2-18-5-7-20(8-6-18)25-30-27(35-31-25)21-9-11-23(12-10-21)29-26(34)22-14-24(33)32(17-22)16-19-4-3-13-28-15-19/h3-13,15,22H,2,14,16-17H2,1H3,(H,29,34). The summed E-state index contributed by atoms with van der Waals surface area (Å²) in [7, 11) is 0. The van der Waals surface area contributed by atoms with E-state index in [9.17, 15) is 9.59 Å². The van der Waals surface area contributed by atoms with E-state index in [0.29, 0.717) is 30.5 Å². The highest BCUT2D eigenvalue weighted by molar-refractivity contribution is 5.97.